The van der Waals surface area contributed by atoms with Crippen LogP contribution in [-0.2, 0) is 9.53 Å². The van der Waals surface area contributed by atoms with Crippen LogP contribution in [0, 0.1) is 6.92 Å². The van der Waals surface area contributed by atoms with Crippen LogP contribution in [0.25, 0.3) is 0 Å². The number of benzene rings is 1. The third-order valence-electron chi connectivity index (χ3n) is 2.42. The Kier molecular flexibility index (Phi) is 5.95. The largest absolute Gasteiger partial charge is 0.481 e. The molecule has 4 nitrogen and oxygen atoms in total. The molecule has 0 saturated carbocycles. The summed E-state index contributed by atoms with van der Waals surface area (Å²) in [6.45, 7) is 4.55. The van der Waals surface area contributed by atoms with Crippen LogP contribution in [0.1, 0.15) is 12.5 Å². The van der Waals surface area contributed by atoms with E-state index < -0.39 is 6.10 Å². The second kappa shape index (κ2) is 7.24. The van der Waals surface area contributed by atoms with Gasteiger partial charge in [-0.05, 0) is 37.6 Å². The van der Waals surface area contributed by atoms with Crippen molar-refractivity contribution in [3.63, 3.8) is 0 Å². The molecule has 100 valence electrons. The predicted octanol–water partition coefficient (Wildman–Crippen LogP) is 2.18. The van der Waals surface area contributed by atoms with E-state index in [4.69, 9.17) is 21.1 Å². The number of ether oxygens (including phenoxy) is 2. The molecule has 0 radical (unpaired) electrons. The highest BCUT2D eigenvalue weighted by Crippen LogP contribution is 2.21. The van der Waals surface area contributed by atoms with Crippen molar-refractivity contribution in [3.05, 3.63) is 28.8 Å². The Morgan fingerprint density at radius 3 is 2.83 bits per heavy atom. The maximum absolute atomic E-state index is 11.7. The lowest BCUT2D eigenvalue weighted by Gasteiger charge is -2.15. The van der Waals surface area contributed by atoms with Crippen molar-refractivity contribution in [2.45, 2.75) is 20.0 Å². The minimum atomic E-state index is -0.553. The van der Waals surface area contributed by atoms with Gasteiger partial charge in [0, 0.05) is 18.7 Å². The molecule has 1 rings (SSSR count). The van der Waals surface area contributed by atoms with Crippen LogP contribution in [0.3, 0.4) is 0 Å². The molecule has 0 heterocycles. The Hall–Kier alpha value is -1.26. The molecule has 1 amide bonds. The van der Waals surface area contributed by atoms with Crippen LogP contribution < -0.4 is 10.1 Å². The van der Waals surface area contributed by atoms with Crippen molar-refractivity contribution in [2.75, 3.05) is 20.3 Å². The first-order valence-electron chi connectivity index (χ1n) is 5.74. The average molecular weight is 272 g/mol. The van der Waals surface area contributed by atoms with E-state index in [9.17, 15) is 4.79 Å². The van der Waals surface area contributed by atoms with Crippen molar-refractivity contribution in [3.8, 4) is 5.75 Å². The molecule has 1 aromatic carbocycles. The van der Waals surface area contributed by atoms with Crippen molar-refractivity contribution >= 4 is 17.5 Å². The molecular formula is C13H18ClNO3. The fraction of sp³-hybridized carbons (Fsp3) is 0.462. The number of rotatable bonds is 6. The molecule has 0 unspecified atom stereocenters. The highest BCUT2D eigenvalue weighted by atomic mass is 35.5. The number of methoxy groups -OCH3 is 1. The fourth-order valence-corrected chi connectivity index (χ4v) is 1.49. The van der Waals surface area contributed by atoms with E-state index in [0.29, 0.717) is 23.9 Å². The van der Waals surface area contributed by atoms with Crippen LogP contribution in [-0.4, -0.2) is 32.3 Å². The molecule has 5 heteroatoms. The average Bonchev–Trinajstić information content (AvgIpc) is 2.34. The van der Waals surface area contributed by atoms with E-state index in [1.165, 1.54) is 0 Å². The number of carbonyl (C=O) groups is 1. The summed E-state index contributed by atoms with van der Waals surface area (Å²) in [5, 5.41) is 3.39. The standard InChI is InChI=1S/C13H18ClNO3/c1-9-8-11(4-5-12(9)14)18-10(2)13(16)15-6-7-17-3/h4-5,8,10H,6-7H2,1-3H3,(H,15,16)/t10-/m0/s1. The van der Waals surface area contributed by atoms with Gasteiger partial charge in [-0.3, -0.25) is 4.79 Å². The second-order valence-electron chi connectivity index (χ2n) is 3.95. The Balaban J connectivity index is 2.50. The Labute approximate surface area is 112 Å². The van der Waals surface area contributed by atoms with Crippen molar-refractivity contribution in [1.29, 1.82) is 0 Å². The third kappa shape index (κ3) is 4.55. The minimum absolute atomic E-state index is 0.167. The zero-order chi connectivity index (χ0) is 13.5. The lowest BCUT2D eigenvalue weighted by molar-refractivity contribution is -0.127. The van der Waals surface area contributed by atoms with Crippen LogP contribution >= 0.6 is 11.6 Å². The van der Waals surface area contributed by atoms with Gasteiger partial charge < -0.3 is 14.8 Å². The minimum Gasteiger partial charge on any atom is -0.481 e. The molecule has 0 aliphatic rings. The van der Waals surface area contributed by atoms with Gasteiger partial charge in [0.2, 0.25) is 0 Å². The summed E-state index contributed by atoms with van der Waals surface area (Å²) in [5.74, 6) is 0.464. The summed E-state index contributed by atoms with van der Waals surface area (Å²) in [7, 11) is 1.59. The van der Waals surface area contributed by atoms with E-state index in [2.05, 4.69) is 5.32 Å². The number of nitrogens with one attached hydrogen (secondary N) is 1. The molecule has 1 N–H and O–H groups in total. The molecule has 0 spiro atoms. The predicted molar refractivity (Wildman–Crippen MR) is 71.2 cm³/mol. The third-order valence-corrected chi connectivity index (χ3v) is 2.84. The topological polar surface area (TPSA) is 47.6 Å². The molecule has 0 fully saturated rings. The Bertz CT molecular complexity index is 409. The zero-order valence-corrected chi connectivity index (χ0v) is 11.6. The van der Waals surface area contributed by atoms with Gasteiger partial charge in [0.05, 0.1) is 6.61 Å². The van der Waals surface area contributed by atoms with Crippen LogP contribution in [0.5, 0.6) is 5.75 Å². The summed E-state index contributed by atoms with van der Waals surface area (Å²) in [6, 6.07) is 5.30. The summed E-state index contributed by atoms with van der Waals surface area (Å²) >= 11 is 5.92. The maximum Gasteiger partial charge on any atom is 0.260 e. The molecule has 1 atom stereocenters. The van der Waals surface area contributed by atoms with Crippen molar-refractivity contribution in [1.82, 2.24) is 5.32 Å². The number of carbonyl (C=O) groups excluding carboxylic acids is 1. The highest BCUT2D eigenvalue weighted by molar-refractivity contribution is 6.31. The maximum atomic E-state index is 11.7. The number of aryl methyl sites for hydroxylation is 1. The fourth-order valence-electron chi connectivity index (χ4n) is 1.37. The van der Waals surface area contributed by atoms with Crippen LogP contribution in [0.2, 0.25) is 5.02 Å². The summed E-state index contributed by atoms with van der Waals surface area (Å²) in [6.07, 6.45) is -0.553. The zero-order valence-electron chi connectivity index (χ0n) is 10.8. The normalized spacial score (nSPS) is 12.0. The van der Waals surface area contributed by atoms with Crippen LogP contribution in [0.15, 0.2) is 18.2 Å². The number of hydrogen-bond acceptors (Lipinski definition) is 3. The van der Waals surface area contributed by atoms with Crippen molar-refractivity contribution in [2.24, 2.45) is 0 Å². The molecular weight excluding hydrogens is 254 g/mol. The van der Waals surface area contributed by atoms with E-state index in [1.54, 1.807) is 32.2 Å². The number of amides is 1. The lowest BCUT2D eigenvalue weighted by Crippen LogP contribution is -2.37. The Morgan fingerprint density at radius 1 is 1.50 bits per heavy atom. The first kappa shape index (κ1) is 14.8. The van der Waals surface area contributed by atoms with E-state index >= 15 is 0 Å². The smallest absolute Gasteiger partial charge is 0.260 e. The quantitative estimate of drug-likeness (QED) is 0.807. The molecule has 0 bridgehead atoms. The van der Waals surface area contributed by atoms with Gasteiger partial charge in [-0.25, -0.2) is 0 Å². The first-order chi connectivity index (χ1) is 8.54. The van der Waals surface area contributed by atoms with Gasteiger partial charge in [-0.1, -0.05) is 11.6 Å². The molecule has 0 saturated heterocycles. The van der Waals surface area contributed by atoms with Gasteiger partial charge in [0.1, 0.15) is 5.75 Å². The second-order valence-corrected chi connectivity index (χ2v) is 4.36. The van der Waals surface area contributed by atoms with Gasteiger partial charge in [-0.2, -0.15) is 0 Å². The lowest BCUT2D eigenvalue weighted by atomic mass is 10.2. The summed E-state index contributed by atoms with van der Waals surface area (Å²) in [4.78, 5) is 11.7. The molecule has 18 heavy (non-hydrogen) atoms. The summed E-state index contributed by atoms with van der Waals surface area (Å²) in [5.41, 5.74) is 0.918. The number of halogens is 1. The van der Waals surface area contributed by atoms with E-state index in [0.717, 1.165) is 5.56 Å². The molecule has 0 aliphatic carbocycles. The first-order valence-corrected chi connectivity index (χ1v) is 6.12. The van der Waals surface area contributed by atoms with Gasteiger partial charge in [-0.15, -0.1) is 0 Å². The Morgan fingerprint density at radius 2 is 2.22 bits per heavy atom. The molecule has 0 aromatic heterocycles. The van der Waals surface area contributed by atoms with Gasteiger partial charge in [0.25, 0.3) is 5.91 Å². The molecule has 1 aromatic rings. The van der Waals surface area contributed by atoms with Gasteiger partial charge >= 0.3 is 0 Å². The van der Waals surface area contributed by atoms with Gasteiger partial charge in [0.15, 0.2) is 6.10 Å². The van der Waals surface area contributed by atoms with Crippen LogP contribution in [0.4, 0.5) is 0 Å². The number of hydrogen-bond donors (Lipinski definition) is 1. The highest BCUT2D eigenvalue weighted by Gasteiger charge is 2.14. The SMILES string of the molecule is COCCNC(=O)[C@H](C)Oc1ccc(Cl)c(C)c1. The summed E-state index contributed by atoms with van der Waals surface area (Å²) < 4.78 is 10.4. The monoisotopic (exact) mass is 271 g/mol. The van der Waals surface area contributed by atoms with Crippen molar-refractivity contribution < 1.29 is 14.3 Å². The van der Waals surface area contributed by atoms with E-state index in [-0.39, 0.29) is 5.91 Å². The molecule has 0 aliphatic heterocycles. The van der Waals surface area contributed by atoms with E-state index in [1.807, 2.05) is 6.92 Å².